The van der Waals surface area contributed by atoms with Gasteiger partial charge in [0.05, 0.1) is 18.0 Å². The number of amides is 1. The summed E-state index contributed by atoms with van der Waals surface area (Å²) in [5.74, 6) is 0.882. The van der Waals surface area contributed by atoms with E-state index < -0.39 is 0 Å². The number of ether oxygens (including phenoxy) is 1. The summed E-state index contributed by atoms with van der Waals surface area (Å²) in [7, 11) is 0. The fourth-order valence-corrected chi connectivity index (χ4v) is 2.06. The molecular formula is C11H18N4O2. The van der Waals surface area contributed by atoms with Crippen LogP contribution in [-0.4, -0.2) is 28.8 Å². The zero-order valence-electron chi connectivity index (χ0n) is 9.90. The Kier molecular flexibility index (Phi) is 3.63. The monoisotopic (exact) mass is 238 g/mol. The lowest BCUT2D eigenvalue weighted by Crippen LogP contribution is -2.34. The molecule has 1 amide bonds. The second-order valence-corrected chi connectivity index (χ2v) is 4.37. The number of aromatic amines is 1. The first kappa shape index (κ1) is 11.9. The number of carbonyl (C=O) groups is 1. The number of nitrogens with one attached hydrogen (secondary N) is 2. The molecule has 0 saturated heterocycles. The Labute approximate surface area is 99.9 Å². The van der Waals surface area contributed by atoms with E-state index in [1.165, 1.54) is 6.20 Å². The molecule has 6 heteroatoms. The van der Waals surface area contributed by atoms with Crippen molar-refractivity contribution in [3.63, 3.8) is 0 Å². The van der Waals surface area contributed by atoms with Gasteiger partial charge in [-0.05, 0) is 25.7 Å². The molecule has 1 heterocycles. The number of rotatable bonds is 5. The summed E-state index contributed by atoms with van der Waals surface area (Å²) in [5, 5.41) is 9.10. The lowest BCUT2D eigenvalue weighted by Gasteiger charge is -2.34. The SMILES string of the molecule is CCOC1CC(CC(=O)Nc2[nH]ncc2N)C1. The molecule has 0 unspecified atom stereocenters. The van der Waals surface area contributed by atoms with Crippen LogP contribution in [0.3, 0.4) is 0 Å². The number of nitrogen functional groups attached to an aromatic ring is 1. The molecule has 1 aromatic heterocycles. The van der Waals surface area contributed by atoms with Crippen LogP contribution >= 0.6 is 0 Å². The van der Waals surface area contributed by atoms with E-state index in [0.29, 0.717) is 29.9 Å². The maximum atomic E-state index is 11.7. The van der Waals surface area contributed by atoms with Gasteiger partial charge >= 0.3 is 0 Å². The normalized spacial score (nSPS) is 23.1. The van der Waals surface area contributed by atoms with Crippen molar-refractivity contribution in [2.24, 2.45) is 5.92 Å². The van der Waals surface area contributed by atoms with Gasteiger partial charge in [0.2, 0.25) is 5.91 Å². The average Bonchev–Trinajstić information content (AvgIpc) is 2.61. The third-order valence-corrected chi connectivity index (χ3v) is 3.00. The lowest BCUT2D eigenvalue weighted by atomic mass is 9.80. The Morgan fingerprint density at radius 2 is 2.47 bits per heavy atom. The number of H-pyrrole nitrogens is 1. The van der Waals surface area contributed by atoms with E-state index in [1.54, 1.807) is 0 Å². The minimum Gasteiger partial charge on any atom is -0.394 e. The highest BCUT2D eigenvalue weighted by Crippen LogP contribution is 2.32. The van der Waals surface area contributed by atoms with Gasteiger partial charge in [-0.2, -0.15) is 5.10 Å². The van der Waals surface area contributed by atoms with E-state index in [9.17, 15) is 4.79 Å². The Bertz CT molecular complexity index is 385. The number of nitrogens with two attached hydrogens (primary N) is 1. The maximum absolute atomic E-state index is 11.7. The molecule has 17 heavy (non-hydrogen) atoms. The summed E-state index contributed by atoms with van der Waals surface area (Å²) in [6.45, 7) is 2.73. The number of hydrogen-bond donors (Lipinski definition) is 3. The molecule has 0 aliphatic heterocycles. The van der Waals surface area contributed by atoms with E-state index >= 15 is 0 Å². The highest BCUT2D eigenvalue weighted by molar-refractivity contribution is 5.92. The van der Waals surface area contributed by atoms with Crippen LogP contribution in [0.4, 0.5) is 11.5 Å². The predicted octanol–water partition coefficient (Wildman–Crippen LogP) is 1.14. The third-order valence-electron chi connectivity index (χ3n) is 3.00. The minimum atomic E-state index is -0.0269. The Balaban J connectivity index is 1.71. The molecule has 4 N–H and O–H groups in total. The highest BCUT2D eigenvalue weighted by atomic mass is 16.5. The first-order valence-electron chi connectivity index (χ1n) is 5.89. The molecule has 2 rings (SSSR count). The van der Waals surface area contributed by atoms with Crippen molar-refractivity contribution in [1.29, 1.82) is 0 Å². The molecule has 0 radical (unpaired) electrons. The smallest absolute Gasteiger partial charge is 0.225 e. The Hall–Kier alpha value is -1.56. The van der Waals surface area contributed by atoms with Crippen molar-refractivity contribution in [1.82, 2.24) is 10.2 Å². The number of carbonyl (C=O) groups excluding carboxylic acids is 1. The van der Waals surface area contributed by atoms with Crippen molar-refractivity contribution in [2.75, 3.05) is 17.7 Å². The number of hydrogen-bond acceptors (Lipinski definition) is 4. The summed E-state index contributed by atoms with van der Waals surface area (Å²) < 4.78 is 5.45. The Morgan fingerprint density at radius 1 is 1.71 bits per heavy atom. The minimum absolute atomic E-state index is 0.0269. The number of nitrogens with zero attached hydrogens (tertiary/aromatic N) is 1. The van der Waals surface area contributed by atoms with Crippen LogP contribution in [-0.2, 0) is 9.53 Å². The predicted molar refractivity (Wildman–Crippen MR) is 64.4 cm³/mol. The summed E-state index contributed by atoms with van der Waals surface area (Å²) in [5.41, 5.74) is 6.06. The van der Waals surface area contributed by atoms with E-state index in [1.807, 2.05) is 6.92 Å². The molecule has 0 bridgehead atoms. The van der Waals surface area contributed by atoms with Crippen molar-refractivity contribution < 1.29 is 9.53 Å². The van der Waals surface area contributed by atoms with Gasteiger partial charge < -0.3 is 15.8 Å². The number of aromatic nitrogens is 2. The fourth-order valence-electron chi connectivity index (χ4n) is 2.06. The first-order chi connectivity index (χ1) is 8.19. The largest absolute Gasteiger partial charge is 0.394 e. The maximum Gasteiger partial charge on any atom is 0.225 e. The summed E-state index contributed by atoms with van der Waals surface area (Å²) in [6.07, 6.45) is 4.28. The van der Waals surface area contributed by atoms with Crippen LogP contribution in [0.2, 0.25) is 0 Å². The first-order valence-corrected chi connectivity index (χ1v) is 5.89. The van der Waals surface area contributed by atoms with Crippen molar-refractivity contribution in [3.05, 3.63) is 6.20 Å². The van der Waals surface area contributed by atoms with Crippen LogP contribution in [0.15, 0.2) is 6.20 Å². The van der Waals surface area contributed by atoms with Crippen LogP contribution in [0.25, 0.3) is 0 Å². The van der Waals surface area contributed by atoms with E-state index in [-0.39, 0.29) is 5.91 Å². The quantitative estimate of drug-likeness (QED) is 0.717. The second kappa shape index (κ2) is 5.18. The zero-order valence-corrected chi connectivity index (χ0v) is 9.90. The van der Waals surface area contributed by atoms with E-state index in [4.69, 9.17) is 10.5 Å². The van der Waals surface area contributed by atoms with Gasteiger partial charge in [0.15, 0.2) is 5.82 Å². The molecule has 1 saturated carbocycles. The molecule has 1 fully saturated rings. The third kappa shape index (κ3) is 2.97. The van der Waals surface area contributed by atoms with Crippen LogP contribution in [0.1, 0.15) is 26.2 Å². The van der Waals surface area contributed by atoms with Crippen LogP contribution < -0.4 is 11.1 Å². The van der Waals surface area contributed by atoms with Crippen LogP contribution in [0, 0.1) is 5.92 Å². The summed E-state index contributed by atoms with van der Waals surface area (Å²) in [4.78, 5) is 11.7. The van der Waals surface area contributed by atoms with Gasteiger partial charge in [0.25, 0.3) is 0 Å². The van der Waals surface area contributed by atoms with Gasteiger partial charge in [-0.3, -0.25) is 9.89 Å². The highest BCUT2D eigenvalue weighted by Gasteiger charge is 2.31. The molecule has 94 valence electrons. The molecular weight excluding hydrogens is 220 g/mol. The molecule has 0 atom stereocenters. The van der Waals surface area contributed by atoms with Gasteiger partial charge in [-0.25, -0.2) is 0 Å². The van der Waals surface area contributed by atoms with Crippen LogP contribution in [0.5, 0.6) is 0 Å². The fraction of sp³-hybridized carbons (Fsp3) is 0.636. The second-order valence-electron chi connectivity index (χ2n) is 4.37. The van der Waals surface area contributed by atoms with Gasteiger partial charge in [0.1, 0.15) is 0 Å². The molecule has 1 aliphatic rings. The molecule has 1 aliphatic carbocycles. The number of anilines is 2. The van der Waals surface area contributed by atoms with Crippen molar-refractivity contribution in [3.8, 4) is 0 Å². The topological polar surface area (TPSA) is 93.0 Å². The van der Waals surface area contributed by atoms with Gasteiger partial charge in [0, 0.05) is 13.0 Å². The molecule has 1 aromatic rings. The van der Waals surface area contributed by atoms with E-state index in [2.05, 4.69) is 15.5 Å². The molecule has 6 nitrogen and oxygen atoms in total. The molecule has 0 aromatic carbocycles. The van der Waals surface area contributed by atoms with Gasteiger partial charge in [-0.1, -0.05) is 0 Å². The standard InChI is InChI=1S/C11H18N4O2/c1-2-17-8-3-7(4-8)5-10(16)14-11-9(12)6-13-15-11/h6-8H,2-5,12H2,1H3,(H2,13,14,15,16). The van der Waals surface area contributed by atoms with Gasteiger partial charge in [-0.15, -0.1) is 0 Å². The average molecular weight is 238 g/mol. The van der Waals surface area contributed by atoms with Crippen molar-refractivity contribution in [2.45, 2.75) is 32.3 Å². The zero-order chi connectivity index (χ0) is 12.3. The summed E-state index contributed by atoms with van der Waals surface area (Å²) >= 11 is 0. The van der Waals surface area contributed by atoms with Crippen molar-refractivity contribution >= 4 is 17.4 Å². The van der Waals surface area contributed by atoms with E-state index in [0.717, 1.165) is 19.4 Å². The molecule has 0 spiro atoms. The lowest BCUT2D eigenvalue weighted by molar-refractivity contribution is -0.119. The summed E-state index contributed by atoms with van der Waals surface area (Å²) in [6, 6.07) is 0. The Morgan fingerprint density at radius 3 is 3.06 bits per heavy atom.